The Labute approximate surface area is 186 Å². The van der Waals surface area contributed by atoms with Crippen LogP contribution in [0, 0.1) is 0 Å². The molecule has 0 aliphatic heterocycles. The predicted octanol–water partition coefficient (Wildman–Crippen LogP) is -14.6. The number of primary amides is 1. The number of hydrogen-bond acceptors (Lipinski definition) is 8. The van der Waals surface area contributed by atoms with Crippen LogP contribution in [0.3, 0.4) is 0 Å². The Hall–Kier alpha value is 0.580. The van der Waals surface area contributed by atoms with Gasteiger partial charge in [0.1, 0.15) is 5.60 Å². The summed E-state index contributed by atoms with van der Waals surface area (Å²) in [7, 11) is 0. The van der Waals surface area contributed by atoms with Gasteiger partial charge in [0.25, 0.3) is 0 Å². The van der Waals surface area contributed by atoms with Crippen LogP contribution in [0.1, 0.15) is 12.8 Å². The maximum absolute atomic E-state index is 10.1. The molecule has 0 unspecified atom stereocenters. The van der Waals surface area contributed by atoms with Gasteiger partial charge in [0.05, 0.1) is 5.97 Å². The largest absolute Gasteiger partial charge is 1.00 e. The molecule has 0 rings (SSSR count). The first kappa shape index (κ1) is 33.2. The summed E-state index contributed by atoms with van der Waals surface area (Å²) >= 11 is 0. The molecule has 0 aliphatic rings. The third kappa shape index (κ3) is 20.6. The molecule has 0 fully saturated rings. The molecule has 0 aliphatic carbocycles. The second kappa shape index (κ2) is 16.9. The molecule has 9 nitrogen and oxygen atoms in total. The number of amides is 1. The van der Waals surface area contributed by atoms with Crippen molar-refractivity contribution in [3.8, 4) is 0 Å². The number of hydrogen-bond donors (Lipinski definition) is 2. The molecule has 0 spiro atoms. The molecular formula is C9H10NNa3O8. The van der Waals surface area contributed by atoms with Crippen LogP contribution in [0.25, 0.3) is 0 Å². The number of rotatable bonds is 6. The number of aliphatic carboxylic acids is 3. The fraction of sp³-hybridized carbons (Fsp3) is 0.333. The minimum Gasteiger partial charge on any atom is -0.550 e. The first-order chi connectivity index (χ1) is 8.05. The summed E-state index contributed by atoms with van der Waals surface area (Å²) in [5, 5.41) is 38.9. The number of carboxylic acid groups (broad SMARTS) is 3. The molecule has 0 aromatic heterocycles. The van der Waals surface area contributed by atoms with E-state index in [1.807, 2.05) is 0 Å². The van der Waals surface area contributed by atoms with Gasteiger partial charge >= 0.3 is 88.7 Å². The summed E-state index contributed by atoms with van der Waals surface area (Å²) < 4.78 is 0. The first-order valence-electron chi connectivity index (χ1n) is 4.30. The van der Waals surface area contributed by atoms with Gasteiger partial charge in [-0.25, -0.2) is 0 Å². The van der Waals surface area contributed by atoms with Gasteiger partial charge in [-0.3, -0.25) is 4.79 Å². The van der Waals surface area contributed by atoms with Gasteiger partial charge in [0, 0.05) is 24.8 Å². The van der Waals surface area contributed by atoms with E-state index in [-0.39, 0.29) is 88.7 Å². The monoisotopic (exact) mass is 329 g/mol. The van der Waals surface area contributed by atoms with Gasteiger partial charge in [-0.05, 0) is 6.08 Å². The van der Waals surface area contributed by atoms with E-state index in [4.69, 9.17) is 5.11 Å². The van der Waals surface area contributed by atoms with Gasteiger partial charge < -0.3 is 40.5 Å². The van der Waals surface area contributed by atoms with Crippen molar-refractivity contribution in [3.63, 3.8) is 0 Å². The Morgan fingerprint density at radius 1 is 1.00 bits per heavy atom. The van der Waals surface area contributed by atoms with Gasteiger partial charge in [0.15, 0.2) is 0 Å². The molecule has 21 heavy (non-hydrogen) atoms. The quantitative estimate of drug-likeness (QED) is 0.355. The molecule has 12 heteroatoms. The minimum atomic E-state index is -2.97. The fourth-order valence-corrected chi connectivity index (χ4v) is 0.684. The van der Waals surface area contributed by atoms with E-state index >= 15 is 0 Å². The van der Waals surface area contributed by atoms with Crippen molar-refractivity contribution >= 4 is 23.8 Å². The van der Waals surface area contributed by atoms with Crippen molar-refractivity contribution in [2.75, 3.05) is 0 Å². The maximum Gasteiger partial charge on any atom is 1.00 e. The number of aliphatic hydroxyl groups is 1. The van der Waals surface area contributed by atoms with Crippen LogP contribution < -0.4 is 110 Å². The molecule has 0 heterocycles. The average molecular weight is 329 g/mol. The van der Waals surface area contributed by atoms with E-state index < -0.39 is 42.3 Å². The average Bonchev–Trinajstić information content (AvgIpc) is 2.15. The number of nitrogens with two attached hydrogens (primary N) is 1. The molecule has 0 aromatic rings. The summed E-state index contributed by atoms with van der Waals surface area (Å²) in [6, 6.07) is 0. The summed E-state index contributed by atoms with van der Waals surface area (Å²) in [5.74, 6) is -6.47. The second-order valence-electron chi connectivity index (χ2n) is 3.02. The van der Waals surface area contributed by atoms with Crippen LogP contribution in [-0.2, 0) is 19.2 Å². The van der Waals surface area contributed by atoms with Crippen LogP contribution >= 0.6 is 0 Å². The topological polar surface area (TPSA) is 184 Å². The van der Waals surface area contributed by atoms with Crippen LogP contribution in [0.5, 0.6) is 0 Å². The van der Waals surface area contributed by atoms with Gasteiger partial charge in [-0.15, -0.1) is 0 Å². The summed E-state index contributed by atoms with van der Waals surface area (Å²) in [5.41, 5.74) is 1.56. The maximum atomic E-state index is 10.1. The molecule has 0 saturated carbocycles. The number of carboxylic acids is 3. The SMILES string of the molecule is C=CC(N)=O.O=C([O-])CC(O)(CC(=O)[O-])C(=O)[O-].[Na+].[Na+].[Na+]. The Kier molecular flexibility index (Phi) is 26.8. The zero-order valence-electron chi connectivity index (χ0n) is 12.1. The van der Waals surface area contributed by atoms with Crippen molar-refractivity contribution in [2.24, 2.45) is 5.73 Å². The summed E-state index contributed by atoms with van der Waals surface area (Å²) in [4.78, 5) is 39.5. The van der Waals surface area contributed by atoms with Crippen molar-refractivity contribution in [1.29, 1.82) is 0 Å². The molecule has 0 atom stereocenters. The molecule has 0 saturated heterocycles. The number of carbonyl (C=O) groups excluding carboxylic acids is 4. The van der Waals surface area contributed by atoms with Crippen molar-refractivity contribution in [3.05, 3.63) is 12.7 Å². The Bertz CT molecular complexity index is 358. The third-order valence-corrected chi connectivity index (χ3v) is 1.45. The molecule has 102 valence electrons. The minimum absolute atomic E-state index is 0. The standard InChI is InChI=1S/C6H8O7.C3H5NO.3Na/c7-3(8)1-6(13,5(11)12)2-4(9)10;1-2-3(4)5;;;/h13H,1-2H2,(H,7,8)(H,9,10)(H,11,12);2H,1H2,(H2,4,5);;;/q;;3*+1/p-3. The van der Waals surface area contributed by atoms with Crippen LogP contribution in [0.15, 0.2) is 12.7 Å². The zero-order valence-corrected chi connectivity index (χ0v) is 18.1. The normalized spacial score (nSPS) is 8.24. The van der Waals surface area contributed by atoms with E-state index in [9.17, 15) is 34.5 Å². The van der Waals surface area contributed by atoms with Crippen molar-refractivity contribution < 1.29 is 128 Å². The van der Waals surface area contributed by atoms with Crippen LogP contribution in [0.2, 0.25) is 0 Å². The Morgan fingerprint density at radius 2 is 1.24 bits per heavy atom. The fourth-order valence-electron chi connectivity index (χ4n) is 0.684. The zero-order chi connectivity index (χ0) is 14.9. The van der Waals surface area contributed by atoms with Crippen molar-refractivity contribution in [2.45, 2.75) is 18.4 Å². The second-order valence-corrected chi connectivity index (χ2v) is 3.02. The predicted molar refractivity (Wildman–Crippen MR) is 48.6 cm³/mol. The van der Waals surface area contributed by atoms with E-state index in [0.29, 0.717) is 0 Å². The molecule has 1 amide bonds. The summed E-state index contributed by atoms with van der Waals surface area (Å²) in [6.07, 6.45) is -1.66. The van der Waals surface area contributed by atoms with Crippen LogP contribution in [0.4, 0.5) is 0 Å². The Morgan fingerprint density at radius 3 is 1.33 bits per heavy atom. The van der Waals surface area contributed by atoms with Gasteiger partial charge in [0.2, 0.25) is 5.91 Å². The van der Waals surface area contributed by atoms with E-state index in [2.05, 4.69) is 12.3 Å². The molecule has 0 bridgehead atoms. The van der Waals surface area contributed by atoms with E-state index in [1.165, 1.54) is 0 Å². The molecular weight excluding hydrogens is 319 g/mol. The summed E-state index contributed by atoms with van der Waals surface area (Å²) in [6.45, 7) is 3.09. The smallest absolute Gasteiger partial charge is 0.550 e. The third-order valence-electron chi connectivity index (χ3n) is 1.45. The van der Waals surface area contributed by atoms with Crippen molar-refractivity contribution in [1.82, 2.24) is 0 Å². The Balaban J connectivity index is -0.0000000933. The first-order valence-corrected chi connectivity index (χ1v) is 4.30. The van der Waals surface area contributed by atoms with E-state index in [1.54, 1.807) is 0 Å². The van der Waals surface area contributed by atoms with Gasteiger partial charge in [-0.2, -0.15) is 0 Å². The van der Waals surface area contributed by atoms with Gasteiger partial charge in [-0.1, -0.05) is 6.58 Å². The molecule has 0 aromatic carbocycles. The number of carbonyl (C=O) groups is 4. The van der Waals surface area contributed by atoms with E-state index in [0.717, 1.165) is 6.08 Å². The van der Waals surface area contributed by atoms with Crippen LogP contribution in [-0.4, -0.2) is 34.5 Å². The molecule has 3 N–H and O–H groups in total. The molecule has 0 radical (unpaired) electrons.